The van der Waals surface area contributed by atoms with Crippen molar-refractivity contribution in [1.82, 2.24) is 14.5 Å². The molecular weight excluding hydrogens is 391 g/mol. The maximum atomic E-state index is 12.5. The van der Waals surface area contributed by atoms with Crippen molar-refractivity contribution in [2.24, 2.45) is 0 Å². The molecule has 8 heteroatoms. The van der Waals surface area contributed by atoms with Gasteiger partial charge in [-0.15, -0.1) is 6.58 Å². The summed E-state index contributed by atoms with van der Waals surface area (Å²) < 4.78 is 2.03. The van der Waals surface area contributed by atoms with Gasteiger partial charge in [-0.2, -0.15) is 0 Å². The summed E-state index contributed by atoms with van der Waals surface area (Å²) in [6, 6.07) is 9.38. The molecule has 2 aromatic heterocycles. The van der Waals surface area contributed by atoms with Gasteiger partial charge in [-0.05, 0) is 25.1 Å². The molecule has 0 radical (unpaired) electrons. The molecule has 3 rings (SSSR count). The molecule has 26 heavy (non-hydrogen) atoms. The fraction of sp³-hybridized carbons (Fsp3) is 0.167. The number of benzene rings is 1. The lowest BCUT2D eigenvalue weighted by molar-refractivity contribution is -0.115. The summed E-state index contributed by atoms with van der Waals surface area (Å²) in [5, 5.41) is 3.78. The topological polar surface area (TPSA) is 59.8 Å². The van der Waals surface area contributed by atoms with E-state index in [9.17, 15) is 4.79 Å². The number of halogens is 2. The molecule has 0 spiro atoms. The van der Waals surface area contributed by atoms with Gasteiger partial charge < -0.3 is 9.88 Å². The second kappa shape index (κ2) is 8.12. The van der Waals surface area contributed by atoms with Crippen LogP contribution in [0, 0.1) is 0 Å². The monoisotopic (exact) mass is 406 g/mol. The van der Waals surface area contributed by atoms with Crippen LogP contribution in [0.25, 0.3) is 11.0 Å². The fourth-order valence-corrected chi connectivity index (χ4v) is 3.75. The predicted octanol–water partition coefficient (Wildman–Crippen LogP) is 5.04. The van der Waals surface area contributed by atoms with E-state index >= 15 is 0 Å². The summed E-state index contributed by atoms with van der Waals surface area (Å²) >= 11 is 13.3. The van der Waals surface area contributed by atoms with E-state index in [1.54, 1.807) is 13.0 Å². The number of hydrogen-bond acceptors (Lipinski definition) is 4. The summed E-state index contributed by atoms with van der Waals surface area (Å²) in [4.78, 5) is 21.2. The zero-order valence-corrected chi connectivity index (χ0v) is 16.3. The summed E-state index contributed by atoms with van der Waals surface area (Å²) in [6.45, 7) is 6.22. The van der Waals surface area contributed by atoms with Crippen LogP contribution in [0.3, 0.4) is 0 Å². The highest BCUT2D eigenvalue weighted by Gasteiger charge is 2.20. The predicted molar refractivity (Wildman–Crippen MR) is 108 cm³/mol. The number of carbonyl (C=O) groups excluding carboxylic acids is 1. The molecule has 1 aromatic carbocycles. The Labute approximate surface area is 165 Å². The number of fused-ring (bicyclic) bond motifs is 1. The molecule has 0 aliphatic carbocycles. The van der Waals surface area contributed by atoms with Crippen molar-refractivity contribution in [2.45, 2.75) is 23.9 Å². The Kier molecular flexibility index (Phi) is 5.86. The number of para-hydroxylation sites is 2. The summed E-state index contributed by atoms with van der Waals surface area (Å²) in [5.41, 5.74) is 1.89. The molecule has 5 nitrogen and oxygen atoms in total. The van der Waals surface area contributed by atoms with Crippen LogP contribution < -0.4 is 5.32 Å². The first kappa shape index (κ1) is 18.8. The highest BCUT2D eigenvalue weighted by molar-refractivity contribution is 8.00. The van der Waals surface area contributed by atoms with E-state index in [1.165, 1.54) is 24.0 Å². The number of hydrogen-bond donors (Lipinski definition) is 1. The maximum Gasteiger partial charge on any atom is 0.238 e. The van der Waals surface area contributed by atoms with Gasteiger partial charge in [0, 0.05) is 12.7 Å². The Morgan fingerprint density at radius 3 is 2.92 bits per heavy atom. The van der Waals surface area contributed by atoms with Crippen molar-refractivity contribution < 1.29 is 4.79 Å². The minimum atomic E-state index is -0.399. The molecule has 3 aromatic rings. The van der Waals surface area contributed by atoms with Crippen LogP contribution in [-0.4, -0.2) is 25.7 Å². The van der Waals surface area contributed by atoms with Crippen LogP contribution in [0.1, 0.15) is 6.92 Å². The van der Waals surface area contributed by atoms with Crippen molar-refractivity contribution in [3.63, 3.8) is 0 Å². The molecule has 134 valence electrons. The molecular formula is C18H16Cl2N4OS. The number of thioether (sulfide) groups is 1. The number of pyridine rings is 1. The molecule has 0 bridgehead atoms. The zero-order valence-electron chi connectivity index (χ0n) is 13.9. The Morgan fingerprint density at radius 1 is 1.42 bits per heavy atom. The van der Waals surface area contributed by atoms with Crippen molar-refractivity contribution >= 4 is 57.7 Å². The lowest BCUT2D eigenvalue weighted by Gasteiger charge is -2.13. The summed E-state index contributed by atoms with van der Waals surface area (Å²) in [5.74, 6) is 0.0667. The average molecular weight is 407 g/mol. The molecule has 0 aliphatic heterocycles. The van der Waals surface area contributed by atoms with Crippen LogP contribution in [0.5, 0.6) is 0 Å². The Balaban J connectivity index is 1.79. The van der Waals surface area contributed by atoms with E-state index in [0.29, 0.717) is 16.6 Å². The normalized spacial score (nSPS) is 12.1. The third-order valence-electron chi connectivity index (χ3n) is 3.63. The number of carbonyl (C=O) groups is 1. The Hall–Kier alpha value is -2.02. The number of nitrogens with zero attached hydrogens (tertiary/aromatic N) is 3. The van der Waals surface area contributed by atoms with Crippen LogP contribution in [0.15, 0.2) is 54.3 Å². The van der Waals surface area contributed by atoms with Gasteiger partial charge >= 0.3 is 0 Å². The van der Waals surface area contributed by atoms with Gasteiger partial charge in [0.1, 0.15) is 0 Å². The van der Waals surface area contributed by atoms with Crippen LogP contribution in [0.2, 0.25) is 10.0 Å². The minimum Gasteiger partial charge on any atom is -0.315 e. The van der Waals surface area contributed by atoms with Gasteiger partial charge in [-0.25, -0.2) is 9.97 Å². The molecule has 2 heterocycles. The highest BCUT2D eigenvalue weighted by Crippen LogP contribution is 2.29. The van der Waals surface area contributed by atoms with E-state index in [1.807, 2.05) is 28.8 Å². The smallest absolute Gasteiger partial charge is 0.238 e. The van der Waals surface area contributed by atoms with Gasteiger partial charge in [0.2, 0.25) is 5.91 Å². The van der Waals surface area contributed by atoms with Crippen molar-refractivity contribution in [2.75, 3.05) is 5.32 Å². The average Bonchev–Trinajstić information content (AvgIpc) is 2.95. The van der Waals surface area contributed by atoms with Crippen LogP contribution >= 0.6 is 35.0 Å². The molecule has 1 amide bonds. The van der Waals surface area contributed by atoms with Crippen LogP contribution in [-0.2, 0) is 11.3 Å². The number of nitrogens with one attached hydrogen (secondary N) is 1. The Bertz CT molecular complexity index is 973. The van der Waals surface area contributed by atoms with Gasteiger partial charge in [0.15, 0.2) is 11.0 Å². The number of allylic oxidation sites excluding steroid dienone is 1. The molecule has 0 fully saturated rings. The second-order valence-electron chi connectivity index (χ2n) is 5.52. The first-order valence-corrected chi connectivity index (χ1v) is 9.48. The molecule has 0 unspecified atom stereocenters. The quantitative estimate of drug-likeness (QED) is 0.459. The SMILES string of the molecule is C=CCn1c(S[C@@H](C)C(=O)Nc2ncc(Cl)cc2Cl)nc2ccccc21. The highest BCUT2D eigenvalue weighted by atomic mass is 35.5. The van der Waals surface area contributed by atoms with Gasteiger partial charge in [0.25, 0.3) is 0 Å². The number of imidazole rings is 1. The van der Waals surface area contributed by atoms with E-state index in [4.69, 9.17) is 23.2 Å². The lowest BCUT2D eigenvalue weighted by atomic mass is 10.3. The lowest BCUT2D eigenvalue weighted by Crippen LogP contribution is -2.23. The minimum absolute atomic E-state index is 0.219. The summed E-state index contributed by atoms with van der Waals surface area (Å²) in [6.07, 6.45) is 3.24. The van der Waals surface area contributed by atoms with E-state index in [2.05, 4.69) is 21.9 Å². The fourth-order valence-electron chi connectivity index (χ4n) is 2.39. The van der Waals surface area contributed by atoms with E-state index in [0.717, 1.165) is 16.2 Å². The van der Waals surface area contributed by atoms with Crippen molar-refractivity contribution in [1.29, 1.82) is 0 Å². The number of rotatable bonds is 6. The maximum absolute atomic E-state index is 12.5. The third-order valence-corrected chi connectivity index (χ3v) is 5.22. The molecule has 0 aliphatic rings. The number of amides is 1. The Morgan fingerprint density at radius 2 is 2.19 bits per heavy atom. The van der Waals surface area contributed by atoms with Gasteiger partial charge in [0.05, 0.1) is 26.3 Å². The summed E-state index contributed by atoms with van der Waals surface area (Å²) in [7, 11) is 0. The molecule has 1 N–H and O–H groups in total. The third kappa shape index (κ3) is 4.03. The van der Waals surface area contributed by atoms with Gasteiger partial charge in [-0.3, -0.25) is 4.79 Å². The van der Waals surface area contributed by atoms with E-state index < -0.39 is 5.25 Å². The van der Waals surface area contributed by atoms with Crippen molar-refractivity contribution in [3.8, 4) is 0 Å². The van der Waals surface area contributed by atoms with Crippen LogP contribution in [0.4, 0.5) is 5.82 Å². The molecule has 0 saturated carbocycles. The number of aromatic nitrogens is 3. The standard InChI is InChI=1S/C18H16Cl2N4OS/c1-3-8-24-15-7-5-4-6-14(15)22-18(24)26-11(2)17(25)23-16-13(20)9-12(19)10-21-16/h3-7,9-11H,1,8H2,2H3,(H,21,23,25)/t11-/m0/s1. The largest absolute Gasteiger partial charge is 0.315 e. The first-order chi connectivity index (χ1) is 12.5. The molecule has 0 saturated heterocycles. The van der Waals surface area contributed by atoms with E-state index in [-0.39, 0.29) is 11.7 Å². The number of anilines is 1. The zero-order chi connectivity index (χ0) is 18.7. The first-order valence-electron chi connectivity index (χ1n) is 7.84. The molecule has 1 atom stereocenters. The second-order valence-corrected chi connectivity index (χ2v) is 7.67. The van der Waals surface area contributed by atoms with Gasteiger partial charge in [-0.1, -0.05) is 53.2 Å². The van der Waals surface area contributed by atoms with Crippen molar-refractivity contribution in [3.05, 3.63) is 59.2 Å².